The molecule has 0 fully saturated rings. The van der Waals surface area contributed by atoms with Crippen LogP contribution in [-0.4, -0.2) is 3.96 Å². The molecule has 0 aromatic carbocycles. The van der Waals surface area contributed by atoms with Gasteiger partial charge in [0.25, 0.3) is 5.56 Å². The molecule has 0 atom stereocenters. The Hall–Kier alpha value is -0.570. The van der Waals surface area contributed by atoms with Crippen molar-refractivity contribution in [2.45, 2.75) is 7.43 Å². The summed E-state index contributed by atoms with van der Waals surface area (Å²) in [6.45, 7) is 0. The van der Waals surface area contributed by atoms with Gasteiger partial charge in [0.05, 0.1) is 0 Å². The first kappa shape index (κ1) is 7.43. The van der Waals surface area contributed by atoms with Crippen molar-refractivity contribution in [3.05, 3.63) is 21.8 Å². The topological polar surface area (TPSA) is 22.0 Å². The molecule has 2 nitrogen and oxygen atoms in total. The highest BCUT2D eigenvalue weighted by atomic mass is 32.1. The van der Waals surface area contributed by atoms with Gasteiger partial charge in [0, 0.05) is 18.5 Å². The van der Waals surface area contributed by atoms with E-state index < -0.39 is 0 Å². The Morgan fingerprint density at radius 3 is 2.50 bits per heavy atom. The molecule has 1 aromatic rings. The first-order chi connectivity index (χ1) is 3.30. The third kappa shape index (κ3) is 1.20. The number of aryl methyl sites for hydroxylation is 1. The Bertz CT molecular complexity index is 200. The van der Waals surface area contributed by atoms with Gasteiger partial charge in [-0.2, -0.15) is 0 Å². The van der Waals surface area contributed by atoms with E-state index in [1.54, 1.807) is 22.5 Å². The zero-order chi connectivity index (χ0) is 5.28. The van der Waals surface area contributed by atoms with Gasteiger partial charge in [0.15, 0.2) is 0 Å². The number of hydrogen-bond donors (Lipinski definition) is 0. The van der Waals surface area contributed by atoms with Crippen molar-refractivity contribution in [2.75, 3.05) is 0 Å². The molecule has 3 heteroatoms. The minimum Gasteiger partial charge on any atom is -0.268 e. The van der Waals surface area contributed by atoms with Crippen molar-refractivity contribution in [3.8, 4) is 0 Å². The molecule has 1 rings (SSSR count). The molecule has 0 radical (unpaired) electrons. The van der Waals surface area contributed by atoms with Crippen molar-refractivity contribution in [2.24, 2.45) is 7.05 Å². The van der Waals surface area contributed by atoms with E-state index in [9.17, 15) is 4.79 Å². The van der Waals surface area contributed by atoms with Crippen molar-refractivity contribution in [3.63, 3.8) is 0 Å². The van der Waals surface area contributed by atoms with Gasteiger partial charge in [0.2, 0.25) is 0 Å². The molecular weight excluding hydrogens is 122 g/mol. The lowest BCUT2D eigenvalue weighted by Crippen LogP contribution is -2.05. The van der Waals surface area contributed by atoms with Crippen LogP contribution in [0.2, 0.25) is 0 Å². The molecule has 0 spiro atoms. The normalized spacial score (nSPS) is 8.12. The molecule has 0 saturated carbocycles. The van der Waals surface area contributed by atoms with Gasteiger partial charge < -0.3 is 0 Å². The molecule has 0 aliphatic rings. The van der Waals surface area contributed by atoms with E-state index in [1.807, 2.05) is 0 Å². The van der Waals surface area contributed by atoms with Crippen LogP contribution in [0.3, 0.4) is 0 Å². The smallest absolute Gasteiger partial charge is 0.260 e. The highest BCUT2D eigenvalue weighted by molar-refractivity contribution is 7.04. The van der Waals surface area contributed by atoms with Crippen LogP contribution in [0.25, 0.3) is 0 Å². The SMILES string of the molecule is C.Cn1sccc1=O. The Kier molecular flexibility index (Phi) is 2.48. The lowest BCUT2D eigenvalue weighted by atomic mass is 10.7. The van der Waals surface area contributed by atoms with Gasteiger partial charge in [0.1, 0.15) is 0 Å². The molecule has 0 bridgehead atoms. The second kappa shape index (κ2) is 2.67. The summed E-state index contributed by atoms with van der Waals surface area (Å²) in [5.41, 5.74) is 0.0741. The predicted octanol–water partition coefficient (Wildman–Crippen LogP) is 1.08. The molecule has 0 amide bonds. The van der Waals surface area contributed by atoms with Gasteiger partial charge in [-0.15, -0.1) is 0 Å². The first-order valence-electron chi connectivity index (χ1n) is 1.92. The van der Waals surface area contributed by atoms with Crippen molar-refractivity contribution >= 4 is 11.5 Å². The number of nitrogens with zero attached hydrogens (tertiary/aromatic N) is 1. The fraction of sp³-hybridized carbons (Fsp3) is 0.400. The van der Waals surface area contributed by atoms with Crippen LogP contribution < -0.4 is 5.56 Å². The maximum absolute atomic E-state index is 10.4. The van der Waals surface area contributed by atoms with Crippen LogP contribution in [0.5, 0.6) is 0 Å². The van der Waals surface area contributed by atoms with E-state index in [1.165, 1.54) is 11.5 Å². The molecule has 46 valence electrons. The summed E-state index contributed by atoms with van der Waals surface area (Å²) in [6, 6.07) is 1.55. The summed E-state index contributed by atoms with van der Waals surface area (Å²) < 4.78 is 1.57. The summed E-state index contributed by atoms with van der Waals surface area (Å²) in [5.74, 6) is 0. The van der Waals surface area contributed by atoms with Crippen molar-refractivity contribution in [1.82, 2.24) is 3.96 Å². The average Bonchev–Trinajstić information content (AvgIpc) is 1.91. The second-order valence-corrected chi connectivity index (χ2v) is 2.27. The zero-order valence-corrected chi connectivity index (χ0v) is 4.73. The summed E-state index contributed by atoms with van der Waals surface area (Å²) in [4.78, 5) is 10.4. The van der Waals surface area contributed by atoms with E-state index in [2.05, 4.69) is 0 Å². The molecule has 0 aliphatic heterocycles. The molecule has 0 saturated heterocycles. The summed E-state index contributed by atoms with van der Waals surface area (Å²) >= 11 is 1.41. The Morgan fingerprint density at radius 2 is 2.38 bits per heavy atom. The molecule has 1 heterocycles. The zero-order valence-electron chi connectivity index (χ0n) is 3.92. The maximum atomic E-state index is 10.4. The Labute approximate surface area is 52.5 Å². The van der Waals surface area contributed by atoms with Gasteiger partial charge in [-0.05, 0) is 0 Å². The Balaban J connectivity index is 0.000000490. The Morgan fingerprint density at radius 1 is 1.75 bits per heavy atom. The highest BCUT2D eigenvalue weighted by Crippen LogP contribution is 1.84. The minimum atomic E-state index is 0. The van der Waals surface area contributed by atoms with Crippen LogP contribution in [0.15, 0.2) is 16.2 Å². The highest BCUT2D eigenvalue weighted by Gasteiger charge is 1.82. The molecule has 0 unspecified atom stereocenters. The largest absolute Gasteiger partial charge is 0.268 e. The van der Waals surface area contributed by atoms with Gasteiger partial charge in [-0.1, -0.05) is 19.0 Å². The van der Waals surface area contributed by atoms with E-state index in [0.717, 1.165) is 0 Å². The molecule has 0 N–H and O–H groups in total. The van der Waals surface area contributed by atoms with Crippen LogP contribution in [0, 0.1) is 0 Å². The fourth-order valence-corrected chi connectivity index (χ4v) is 0.861. The molecular formula is C5H9NOS. The lowest BCUT2D eigenvalue weighted by Gasteiger charge is -1.76. The molecule has 1 aromatic heterocycles. The quantitative estimate of drug-likeness (QED) is 0.516. The lowest BCUT2D eigenvalue weighted by molar-refractivity contribution is 0.981. The number of aromatic nitrogens is 1. The third-order valence-corrected chi connectivity index (χ3v) is 1.49. The summed E-state index contributed by atoms with van der Waals surface area (Å²) in [5, 5.41) is 1.77. The van der Waals surface area contributed by atoms with E-state index in [-0.39, 0.29) is 13.0 Å². The number of rotatable bonds is 0. The minimum absolute atomic E-state index is 0. The van der Waals surface area contributed by atoms with Crippen LogP contribution in [-0.2, 0) is 7.05 Å². The monoisotopic (exact) mass is 131 g/mol. The standard InChI is InChI=1S/C4H5NOS.CH4/c1-5-4(6)2-3-7-5;/h2-3H,1H3;1H4. The first-order valence-corrected chi connectivity index (χ1v) is 2.75. The van der Waals surface area contributed by atoms with E-state index in [0.29, 0.717) is 0 Å². The predicted molar refractivity (Wildman–Crippen MR) is 36.3 cm³/mol. The van der Waals surface area contributed by atoms with Crippen LogP contribution >= 0.6 is 11.5 Å². The third-order valence-electron chi connectivity index (χ3n) is 0.740. The van der Waals surface area contributed by atoms with E-state index in [4.69, 9.17) is 0 Å². The average molecular weight is 131 g/mol. The van der Waals surface area contributed by atoms with Gasteiger partial charge in [-0.25, -0.2) is 0 Å². The van der Waals surface area contributed by atoms with Crippen LogP contribution in [0.4, 0.5) is 0 Å². The molecule has 8 heavy (non-hydrogen) atoms. The van der Waals surface area contributed by atoms with Crippen molar-refractivity contribution < 1.29 is 0 Å². The van der Waals surface area contributed by atoms with Crippen LogP contribution in [0.1, 0.15) is 7.43 Å². The van der Waals surface area contributed by atoms with Gasteiger partial charge in [-0.3, -0.25) is 8.75 Å². The summed E-state index contributed by atoms with van der Waals surface area (Å²) in [6.07, 6.45) is 0. The molecule has 0 aliphatic carbocycles. The van der Waals surface area contributed by atoms with E-state index >= 15 is 0 Å². The maximum Gasteiger partial charge on any atom is 0.260 e. The fourth-order valence-electron chi connectivity index (χ4n) is 0.337. The van der Waals surface area contributed by atoms with Crippen molar-refractivity contribution in [1.29, 1.82) is 0 Å². The number of hydrogen-bond acceptors (Lipinski definition) is 2. The van der Waals surface area contributed by atoms with Gasteiger partial charge >= 0.3 is 0 Å². The second-order valence-electron chi connectivity index (χ2n) is 1.24. The summed E-state index contributed by atoms with van der Waals surface area (Å²) in [7, 11) is 1.74.